The monoisotopic (exact) mass is 245 g/mol. The van der Waals surface area contributed by atoms with E-state index in [0.29, 0.717) is 6.61 Å². The van der Waals surface area contributed by atoms with Gasteiger partial charge in [0.1, 0.15) is 5.75 Å². The van der Waals surface area contributed by atoms with Crippen molar-refractivity contribution < 1.29 is 4.74 Å². The maximum atomic E-state index is 5.47. The van der Waals surface area contributed by atoms with Crippen molar-refractivity contribution >= 4 is 5.69 Å². The van der Waals surface area contributed by atoms with E-state index in [-0.39, 0.29) is 0 Å². The Labute approximate surface area is 108 Å². The fourth-order valence-electron chi connectivity index (χ4n) is 1.85. The lowest BCUT2D eigenvalue weighted by Gasteiger charge is -2.09. The molecule has 0 aliphatic heterocycles. The molecule has 0 aliphatic rings. The van der Waals surface area contributed by atoms with Gasteiger partial charge in [-0.1, -0.05) is 6.07 Å². The van der Waals surface area contributed by atoms with Crippen LogP contribution in [0.3, 0.4) is 0 Å². The highest BCUT2D eigenvalue weighted by Crippen LogP contribution is 2.17. The number of aryl methyl sites for hydroxylation is 1. The van der Waals surface area contributed by atoms with Crippen molar-refractivity contribution in [2.45, 2.75) is 26.9 Å². The van der Waals surface area contributed by atoms with Gasteiger partial charge in [-0.05, 0) is 32.0 Å². The molecule has 1 heterocycles. The van der Waals surface area contributed by atoms with E-state index in [0.717, 1.165) is 24.5 Å². The van der Waals surface area contributed by atoms with Crippen LogP contribution in [-0.2, 0) is 13.1 Å². The van der Waals surface area contributed by atoms with Crippen LogP contribution in [0, 0.1) is 0 Å². The zero-order valence-corrected chi connectivity index (χ0v) is 10.9. The summed E-state index contributed by atoms with van der Waals surface area (Å²) < 4.78 is 7.46. The Morgan fingerprint density at radius 1 is 1.28 bits per heavy atom. The molecule has 2 aromatic rings. The number of nitrogens with zero attached hydrogens (tertiary/aromatic N) is 2. The summed E-state index contributed by atoms with van der Waals surface area (Å²) in [5.74, 6) is 0.895. The zero-order valence-electron chi connectivity index (χ0n) is 10.9. The first-order chi connectivity index (χ1) is 8.83. The molecule has 0 bridgehead atoms. The maximum absolute atomic E-state index is 5.47. The Hall–Kier alpha value is -1.97. The number of hydrogen-bond acceptors (Lipinski definition) is 3. The largest absolute Gasteiger partial charge is 0.494 e. The van der Waals surface area contributed by atoms with Gasteiger partial charge in [0.05, 0.1) is 18.8 Å². The third kappa shape index (κ3) is 3.03. The highest BCUT2D eigenvalue weighted by molar-refractivity contribution is 5.48. The van der Waals surface area contributed by atoms with E-state index >= 15 is 0 Å². The fraction of sp³-hybridized carbons (Fsp3) is 0.357. The van der Waals surface area contributed by atoms with Crippen molar-refractivity contribution in [2.24, 2.45) is 0 Å². The van der Waals surface area contributed by atoms with Gasteiger partial charge >= 0.3 is 0 Å². The predicted molar refractivity (Wildman–Crippen MR) is 72.8 cm³/mol. The molecule has 0 aliphatic carbocycles. The van der Waals surface area contributed by atoms with E-state index in [1.165, 1.54) is 5.69 Å². The van der Waals surface area contributed by atoms with E-state index in [4.69, 9.17) is 4.74 Å². The predicted octanol–water partition coefficient (Wildman–Crippen LogP) is 2.91. The standard InChI is InChI=1S/C14H19N3O/c1-3-17-13(8-9-16-17)11-15-12-6-5-7-14(10-12)18-4-2/h5-10,15H,3-4,11H2,1-2H3. The quantitative estimate of drug-likeness (QED) is 0.850. The Morgan fingerprint density at radius 3 is 2.94 bits per heavy atom. The molecule has 4 heteroatoms. The second-order valence-electron chi connectivity index (χ2n) is 3.95. The molecule has 96 valence electrons. The fourth-order valence-corrected chi connectivity index (χ4v) is 1.85. The number of nitrogens with one attached hydrogen (secondary N) is 1. The second kappa shape index (κ2) is 6.10. The normalized spacial score (nSPS) is 10.3. The van der Waals surface area contributed by atoms with Crippen molar-refractivity contribution in [3.05, 3.63) is 42.2 Å². The van der Waals surface area contributed by atoms with Gasteiger partial charge in [-0.25, -0.2) is 0 Å². The summed E-state index contributed by atoms with van der Waals surface area (Å²) in [6.07, 6.45) is 1.83. The van der Waals surface area contributed by atoms with Gasteiger partial charge in [0.25, 0.3) is 0 Å². The zero-order chi connectivity index (χ0) is 12.8. The molecule has 0 fully saturated rings. The first kappa shape index (κ1) is 12.5. The van der Waals surface area contributed by atoms with Gasteiger partial charge in [-0.3, -0.25) is 4.68 Å². The minimum atomic E-state index is 0.687. The summed E-state index contributed by atoms with van der Waals surface area (Å²) in [5, 5.41) is 7.63. The number of benzene rings is 1. The van der Waals surface area contributed by atoms with Crippen molar-refractivity contribution in [1.82, 2.24) is 9.78 Å². The van der Waals surface area contributed by atoms with Gasteiger partial charge in [-0.2, -0.15) is 5.10 Å². The lowest BCUT2D eigenvalue weighted by molar-refractivity contribution is 0.340. The van der Waals surface area contributed by atoms with Crippen LogP contribution in [-0.4, -0.2) is 16.4 Å². The highest BCUT2D eigenvalue weighted by Gasteiger charge is 2.01. The van der Waals surface area contributed by atoms with Crippen molar-refractivity contribution in [3.8, 4) is 5.75 Å². The van der Waals surface area contributed by atoms with Crippen LogP contribution >= 0.6 is 0 Å². The topological polar surface area (TPSA) is 39.1 Å². The van der Waals surface area contributed by atoms with Crippen LogP contribution < -0.4 is 10.1 Å². The Balaban J connectivity index is 1.99. The van der Waals surface area contributed by atoms with Crippen LogP contribution in [0.2, 0.25) is 0 Å². The van der Waals surface area contributed by atoms with Gasteiger partial charge in [-0.15, -0.1) is 0 Å². The average molecular weight is 245 g/mol. The lowest BCUT2D eigenvalue weighted by atomic mass is 10.3. The Bertz CT molecular complexity index is 493. The highest BCUT2D eigenvalue weighted by atomic mass is 16.5. The molecular formula is C14H19N3O. The van der Waals surface area contributed by atoms with E-state index in [9.17, 15) is 0 Å². The van der Waals surface area contributed by atoms with E-state index in [2.05, 4.69) is 17.3 Å². The average Bonchev–Trinajstić information content (AvgIpc) is 2.84. The molecule has 1 aromatic heterocycles. The minimum Gasteiger partial charge on any atom is -0.494 e. The molecule has 0 spiro atoms. The number of aromatic nitrogens is 2. The number of rotatable bonds is 6. The molecule has 2 rings (SSSR count). The first-order valence-corrected chi connectivity index (χ1v) is 6.31. The summed E-state index contributed by atoms with van der Waals surface area (Å²) in [5.41, 5.74) is 2.24. The summed E-state index contributed by atoms with van der Waals surface area (Å²) >= 11 is 0. The molecule has 4 nitrogen and oxygen atoms in total. The molecule has 0 amide bonds. The van der Waals surface area contributed by atoms with Crippen LogP contribution in [0.1, 0.15) is 19.5 Å². The summed E-state index contributed by atoms with van der Waals surface area (Å²) in [6, 6.07) is 10.0. The van der Waals surface area contributed by atoms with E-state index in [1.807, 2.05) is 48.1 Å². The SMILES string of the molecule is CCOc1cccc(NCc2ccnn2CC)c1. The van der Waals surface area contributed by atoms with Crippen LogP contribution in [0.15, 0.2) is 36.5 Å². The van der Waals surface area contributed by atoms with Gasteiger partial charge in [0.2, 0.25) is 0 Å². The number of hydrogen-bond donors (Lipinski definition) is 1. The van der Waals surface area contributed by atoms with Crippen LogP contribution in [0.4, 0.5) is 5.69 Å². The second-order valence-corrected chi connectivity index (χ2v) is 3.95. The Kier molecular flexibility index (Phi) is 4.23. The van der Waals surface area contributed by atoms with Crippen molar-refractivity contribution in [2.75, 3.05) is 11.9 Å². The minimum absolute atomic E-state index is 0.687. The molecule has 0 saturated heterocycles. The third-order valence-electron chi connectivity index (χ3n) is 2.72. The summed E-state index contributed by atoms with van der Waals surface area (Å²) in [7, 11) is 0. The lowest BCUT2D eigenvalue weighted by Crippen LogP contribution is -2.07. The molecule has 0 unspecified atom stereocenters. The van der Waals surface area contributed by atoms with E-state index < -0.39 is 0 Å². The first-order valence-electron chi connectivity index (χ1n) is 6.31. The Morgan fingerprint density at radius 2 is 2.17 bits per heavy atom. The van der Waals surface area contributed by atoms with Crippen molar-refractivity contribution in [3.63, 3.8) is 0 Å². The third-order valence-corrected chi connectivity index (χ3v) is 2.72. The maximum Gasteiger partial charge on any atom is 0.121 e. The smallest absolute Gasteiger partial charge is 0.121 e. The molecule has 18 heavy (non-hydrogen) atoms. The molecule has 0 atom stereocenters. The number of anilines is 1. The summed E-state index contributed by atoms with van der Waals surface area (Å²) in [4.78, 5) is 0. The molecular weight excluding hydrogens is 226 g/mol. The van der Waals surface area contributed by atoms with Crippen LogP contribution in [0.5, 0.6) is 5.75 Å². The molecule has 1 N–H and O–H groups in total. The van der Waals surface area contributed by atoms with Gasteiger partial charge in [0, 0.05) is 24.5 Å². The molecule has 0 radical (unpaired) electrons. The summed E-state index contributed by atoms with van der Waals surface area (Å²) in [6.45, 7) is 6.42. The van der Waals surface area contributed by atoms with Crippen LogP contribution in [0.25, 0.3) is 0 Å². The molecule has 1 aromatic carbocycles. The van der Waals surface area contributed by atoms with Crippen molar-refractivity contribution in [1.29, 1.82) is 0 Å². The van der Waals surface area contributed by atoms with Gasteiger partial charge in [0.15, 0.2) is 0 Å². The molecule has 0 saturated carbocycles. The number of ether oxygens (including phenoxy) is 1. The van der Waals surface area contributed by atoms with E-state index in [1.54, 1.807) is 0 Å². The van der Waals surface area contributed by atoms with Gasteiger partial charge < -0.3 is 10.1 Å².